The van der Waals surface area contributed by atoms with Gasteiger partial charge in [-0.1, -0.05) is 37.3 Å². The molecular formula is C19H31N3O2S. The number of hydrogen-bond acceptors (Lipinski definition) is 3. The molecule has 0 aliphatic carbocycles. The van der Waals surface area contributed by atoms with Crippen LogP contribution in [0.25, 0.3) is 0 Å². The van der Waals surface area contributed by atoms with Gasteiger partial charge in [0, 0.05) is 25.4 Å². The third-order valence-corrected chi connectivity index (χ3v) is 6.40. The Morgan fingerprint density at radius 3 is 2.48 bits per heavy atom. The number of rotatable bonds is 7. The van der Waals surface area contributed by atoms with Gasteiger partial charge in [0.25, 0.3) is 0 Å². The summed E-state index contributed by atoms with van der Waals surface area (Å²) >= 11 is 0. The molecular weight excluding hydrogens is 334 g/mol. The quantitative estimate of drug-likeness (QED) is 0.595. The first-order valence-electron chi connectivity index (χ1n) is 9.31. The fourth-order valence-electron chi connectivity index (χ4n) is 3.16. The van der Waals surface area contributed by atoms with E-state index in [2.05, 4.69) is 45.5 Å². The fourth-order valence-corrected chi connectivity index (χ4v) is 3.82. The first-order chi connectivity index (χ1) is 12.0. The van der Waals surface area contributed by atoms with Gasteiger partial charge in [-0.05, 0) is 37.7 Å². The van der Waals surface area contributed by atoms with Crippen LogP contribution in [0.2, 0.25) is 0 Å². The van der Waals surface area contributed by atoms with Crippen molar-refractivity contribution in [1.82, 2.24) is 10.2 Å². The van der Waals surface area contributed by atoms with Gasteiger partial charge in [0.2, 0.25) is 0 Å². The maximum atomic E-state index is 11.6. The van der Waals surface area contributed by atoms with Gasteiger partial charge >= 0.3 is 0 Å². The molecule has 1 fully saturated rings. The highest BCUT2D eigenvalue weighted by Gasteiger charge is 2.21. The smallest absolute Gasteiger partial charge is 0.193 e. The molecule has 1 aromatic rings. The molecule has 140 valence electrons. The van der Waals surface area contributed by atoms with Crippen molar-refractivity contribution in [3.63, 3.8) is 0 Å². The number of benzene rings is 1. The highest BCUT2D eigenvalue weighted by molar-refractivity contribution is 7.91. The van der Waals surface area contributed by atoms with Crippen molar-refractivity contribution in [3.8, 4) is 0 Å². The van der Waals surface area contributed by atoms with Gasteiger partial charge in [-0.2, -0.15) is 0 Å². The number of nitrogens with zero attached hydrogens (tertiary/aromatic N) is 2. The maximum absolute atomic E-state index is 11.6. The first-order valence-corrected chi connectivity index (χ1v) is 11.1. The summed E-state index contributed by atoms with van der Waals surface area (Å²) in [5, 5.41) is 3.30. The number of aliphatic imine (C=N–C) groups is 1. The van der Waals surface area contributed by atoms with Crippen LogP contribution in [0.4, 0.5) is 0 Å². The Balaban J connectivity index is 1.86. The van der Waals surface area contributed by atoms with E-state index < -0.39 is 9.84 Å². The molecule has 0 radical (unpaired) electrons. The Hall–Kier alpha value is -1.56. The third-order valence-electron chi connectivity index (χ3n) is 4.72. The van der Waals surface area contributed by atoms with Gasteiger partial charge in [-0.15, -0.1) is 0 Å². The lowest BCUT2D eigenvalue weighted by atomic mass is 9.90. The highest BCUT2D eigenvalue weighted by atomic mass is 32.2. The van der Waals surface area contributed by atoms with E-state index in [1.807, 2.05) is 6.92 Å². The number of hydrogen-bond donors (Lipinski definition) is 1. The maximum Gasteiger partial charge on any atom is 0.193 e. The predicted octanol–water partition coefficient (Wildman–Crippen LogP) is 2.34. The second-order valence-electron chi connectivity index (χ2n) is 6.59. The van der Waals surface area contributed by atoms with E-state index in [1.165, 1.54) is 5.56 Å². The molecule has 0 amide bonds. The lowest BCUT2D eigenvalue weighted by molar-refractivity contribution is 0.259. The molecule has 6 heteroatoms. The molecule has 0 aromatic heterocycles. The number of guanidine groups is 1. The van der Waals surface area contributed by atoms with Crippen LogP contribution in [0, 0.1) is 5.92 Å². The molecule has 0 saturated carbocycles. The second kappa shape index (κ2) is 9.80. The Labute approximate surface area is 152 Å². The van der Waals surface area contributed by atoms with Crippen molar-refractivity contribution in [2.45, 2.75) is 33.1 Å². The van der Waals surface area contributed by atoms with Crippen LogP contribution >= 0.6 is 0 Å². The zero-order chi connectivity index (χ0) is 18.1. The summed E-state index contributed by atoms with van der Waals surface area (Å²) in [6.45, 7) is 6.81. The van der Waals surface area contributed by atoms with Gasteiger partial charge in [-0.25, -0.2) is 8.42 Å². The van der Waals surface area contributed by atoms with E-state index in [9.17, 15) is 8.42 Å². The molecule has 0 unspecified atom stereocenters. The van der Waals surface area contributed by atoms with Crippen LogP contribution in [0.1, 0.15) is 32.3 Å². The molecule has 1 saturated heterocycles. The van der Waals surface area contributed by atoms with Gasteiger partial charge in [-0.3, -0.25) is 4.99 Å². The minimum Gasteiger partial charge on any atom is -0.357 e. The summed E-state index contributed by atoms with van der Waals surface area (Å²) in [6, 6.07) is 10.7. The molecule has 0 atom stereocenters. The summed E-state index contributed by atoms with van der Waals surface area (Å²) in [4.78, 5) is 6.80. The van der Waals surface area contributed by atoms with Crippen LogP contribution in [0.3, 0.4) is 0 Å². The minimum absolute atomic E-state index is 0.128. The zero-order valence-electron chi connectivity index (χ0n) is 15.4. The van der Waals surface area contributed by atoms with Crippen molar-refractivity contribution in [2.75, 3.05) is 37.7 Å². The lowest BCUT2D eigenvalue weighted by Crippen LogP contribution is -2.46. The zero-order valence-corrected chi connectivity index (χ0v) is 16.3. The highest BCUT2D eigenvalue weighted by Crippen LogP contribution is 2.21. The SMILES string of the molecule is CCNC(=NCCS(=O)(=O)CC)N1CCC(Cc2ccccc2)CC1. The van der Waals surface area contributed by atoms with E-state index in [-0.39, 0.29) is 11.5 Å². The van der Waals surface area contributed by atoms with E-state index >= 15 is 0 Å². The normalized spacial score (nSPS) is 16.9. The number of piperidine rings is 1. The van der Waals surface area contributed by atoms with Crippen molar-refractivity contribution in [1.29, 1.82) is 0 Å². The average molecular weight is 366 g/mol. The monoisotopic (exact) mass is 365 g/mol. The second-order valence-corrected chi connectivity index (χ2v) is 9.06. The van der Waals surface area contributed by atoms with Crippen molar-refractivity contribution >= 4 is 15.8 Å². The van der Waals surface area contributed by atoms with Crippen molar-refractivity contribution < 1.29 is 8.42 Å². The summed E-state index contributed by atoms with van der Waals surface area (Å²) in [5.74, 6) is 1.88. The molecule has 5 nitrogen and oxygen atoms in total. The van der Waals surface area contributed by atoms with Crippen LogP contribution in [0.15, 0.2) is 35.3 Å². The fraction of sp³-hybridized carbons (Fsp3) is 0.632. The Morgan fingerprint density at radius 2 is 1.88 bits per heavy atom. The molecule has 0 spiro atoms. The van der Waals surface area contributed by atoms with Crippen LogP contribution in [-0.4, -0.2) is 57.0 Å². The van der Waals surface area contributed by atoms with Crippen LogP contribution < -0.4 is 5.32 Å². The Bertz CT molecular complexity index is 636. The van der Waals surface area contributed by atoms with Gasteiger partial charge in [0.05, 0.1) is 12.3 Å². The minimum atomic E-state index is -2.96. The summed E-state index contributed by atoms with van der Waals surface area (Å²) in [5.41, 5.74) is 1.41. The molecule has 1 N–H and O–H groups in total. The van der Waals surface area contributed by atoms with Crippen LogP contribution in [0.5, 0.6) is 0 Å². The molecule has 2 rings (SSSR count). The summed E-state index contributed by atoms with van der Waals surface area (Å²) in [7, 11) is -2.96. The number of nitrogens with one attached hydrogen (secondary N) is 1. The number of likely N-dealkylation sites (tertiary alicyclic amines) is 1. The van der Waals surface area contributed by atoms with Crippen LogP contribution in [-0.2, 0) is 16.3 Å². The molecule has 25 heavy (non-hydrogen) atoms. The average Bonchev–Trinajstić information content (AvgIpc) is 2.62. The molecule has 1 aliphatic rings. The lowest BCUT2D eigenvalue weighted by Gasteiger charge is -2.34. The molecule has 1 aliphatic heterocycles. The topological polar surface area (TPSA) is 61.8 Å². The molecule has 1 heterocycles. The van der Waals surface area contributed by atoms with Gasteiger partial charge < -0.3 is 10.2 Å². The van der Waals surface area contributed by atoms with Crippen molar-refractivity contribution in [2.24, 2.45) is 10.9 Å². The summed E-state index contributed by atoms with van der Waals surface area (Å²) in [6.07, 6.45) is 3.43. The summed E-state index contributed by atoms with van der Waals surface area (Å²) < 4.78 is 23.3. The first kappa shape index (κ1) is 19.8. The van der Waals surface area contributed by atoms with Gasteiger partial charge in [0.1, 0.15) is 0 Å². The van der Waals surface area contributed by atoms with E-state index in [1.54, 1.807) is 6.92 Å². The molecule has 0 bridgehead atoms. The van der Waals surface area contributed by atoms with Gasteiger partial charge in [0.15, 0.2) is 15.8 Å². The standard InChI is InChI=1S/C19H31N3O2S/c1-3-20-19(21-12-15-25(23,24)4-2)22-13-10-18(11-14-22)16-17-8-6-5-7-9-17/h5-9,18H,3-4,10-16H2,1-2H3,(H,20,21). The van der Waals surface area contributed by atoms with Crippen molar-refractivity contribution in [3.05, 3.63) is 35.9 Å². The number of sulfone groups is 1. The van der Waals surface area contributed by atoms with E-state index in [0.717, 1.165) is 44.9 Å². The van der Waals surface area contributed by atoms with E-state index in [4.69, 9.17) is 0 Å². The Morgan fingerprint density at radius 1 is 1.20 bits per heavy atom. The Kier molecular flexibility index (Phi) is 7.75. The largest absolute Gasteiger partial charge is 0.357 e. The predicted molar refractivity (Wildman–Crippen MR) is 105 cm³/mol. The third kappa shape index (κ3) is 6.69. The molecule has 1 aromatic carbocycles. The van der Waals surface area contributed by atoms with E-state index in [0.29, 0.717) is 12.5 Å².